The standard InChI is InChI=1S/C30H41N2O3P/c1-30(2,3)27-9-8-10-28(29(27)33)36(25-15-11-23(12-16-25)34-21-19-31(4)5)26-17-13-24(14-18-26)35-22-20-32(6)7/h8-18,33H,19-22H2,1-7H3. The lowest BCUT2D eigenvalue weighted by Crippen LogP contribution is -2.23. The van der Waals surface area contributed by atoms with Gasteiger partial charge in [-0.1, -0.05) is 63.2 Å². The number of hydrogen-bond acceptors (Lipinski definition) is 5. The lowest BCUT2D eigenvalue weighted by Gasteiger charge is -2.26. The van der Waals surface area contributed by atoms with Gasteiger partial charge in [0.05, 0.1) is 0 Å². The maximum Gasteiger partial charge on any atom is 0.127 e. The molecule has 3 aromatic rings. The van der Waals surface area contributed by atoms with E-state index in [1.54, 1.807) is 0 Å². The number of likely N-dealkylation sites (N-methyl/N-ethyl adjacent to an activating group) is 2. The molecule has 6 heteroatoms. The van der Waals surface area contributed by atoms with Crippen molar-refractivity contribution in [1.82, 2.24) is 9.80 Å². The minimum atomic E-state index is -0.979. The number of para-hydroxylation sites is 1. The van der Waals surface area contributed by atoms with Crippen molar-refractivity contribution >= 4 is 23.8 Å². The number of ether oxygens (including phenoxy) is 2. The van der Waals surface area contributed by atoms with Crippen molar-refractivity contribution in [1.29, 1.82) is 0 Å². The number of hydrogen-bond donors (Lipinski definition) is 1. The third kappa shape index (κ3) is 7.70. The number of phenols is 1. The molecule has 0 spiro atoms. The second kappa shape index (κ2) is 12.6. The topological polar surface area (TPSA) is 45.2 Å². The van der Waals surface area contributed by atoms with Crippen LogP contribution in [0.5, 0.6) is 17.2 Å². The van der Waals surface area contributed by atoms with Gasteiger partial charge in [-0.15, -0.1) is 0 Å². The summed E-state index contributed by atoms with van der Waals surface area (Å²) in [5, 5.41) is 14.7. The zero-order valence-electron chi connectivity index (χ0n) is 22.8. The van der Waals surface area contributed by atoms with Gasteiger partial charge >= 0.3 is 0 Å². The van der Waals surface area contributed by atoms with Gasteiger partial charge in [0.25, 0.3) is 0 Å². The first-order chi connectivity index (χ1) is 17.1. The van der Waals surface area contributed by atoms with E-state index in [-0.39, 0.29) is 5.41 Å². The van der Waals surface area contributed by atoms with Crippen molar-refractivity contribution in [2.24, 2.45) is 0 Å². The van der Waals surface area contributed by atoms with Gasteiger partial charge in [0.1, 0.15) is 30.5 Å². The van der Waals surface area contributed by atoms with Crippen LogP contribution in [0.3, 0.4) is 0 Å². The molecule has 5 nitrogen and oxygen atoms in total. The molecule has 0 saturated carbocycles. The number of benzene rings is 3. The Hall–Kier alpha value is -2.59. The van der Waals surface area contributed by atoms with E-state index in [4.69, 9.17) is 9.47 Å². The molecule has 0 amide bonds. The molecular weight excluding hydrogens is 467 g/mol. The van der Waals surface area contributed by atoms with E-state index in [1.165, 1.54) is 0 Å². The Labute approximate surface area is 218 Å². The predicted molar refractivity (Wildman–Crippen MR) is 154 cm³/mol. The minimum Gasteiger partial charge on any atom is -0.507 e. The minimum absolute atomic E-state index is 0.157. The molecule has 3 aromatic carbocycles. The molecule has 1 N–H and O–H groups in total. The van der Waals surface area contributed by atoms with Gasteiger partial charge in [0, 0.05) is 18.4 Å². The summed E-state index contributed by atoms with van der Waals surface area (Å²) in [7, 11) is 7.17. The van der Waals surface area contributed by atoms with Gasteiger partial charge in [-0.05, 0) is 82.0 Å². The molecule has 0 fully saturated rings. The van der Waals surface area contributed by atoms with Crippen molar-refractivity contribution in [2.75, 3.05) is 54.5 Å². The monoisotopic (exact) mass is 508 g/mol. The van der Waals surface area contributed by atoms with E-state index in [9.17, 15) is 5.11 Å². The van der Waals surface area contributed by atoms with E-state index in [2.05, 4.69) is 67.0 Å². The first-order valence-corrected chi connectivity index (χ1v) is 13.8. The Morgan fingerprint density at radius 2 is 1.14 bits per heavy atom. The molecule has 0 aliphatic rings. The number of rotatable bonds is 11. The van der Waals surface area contributed by atoms with Crippen LogP contribution < -0.4 is 25.4 Å². The zero-order valence-corrected chi connectivity index (χ0v) is 23.7. The van der Waals surface area contributed by atoms with Gasteiger partial charge in [-0.25, -0.2) is 0 Å². The van der Waals surface area contributed by atoms with Crippen LogP contribution in [0.1, 0.15) is 26.3 Å². The summed E-state index contributed by atoms with van der Waals surface area (Å²) < 4.78 is 11.8. The fraction of sp³-hybridized carbons (Fsp3) is 0.400. The SMILES string of the molecule is CN(C)CCOc1ccc(P(c2ccc(OCCN(C)C)cc2)c2cccc(C(C)(C)C)c2O)cc1. The summed E-state index contributed by atoms with van der Waals surface area (Å²) in [5.41, 5.74) is 0.801. The van der Waals surface area contributed by atoms with Crippen molar-refractivity contribution < 1.29 is 14.6 Å². The summed E-state index contributed by atoms with van der Waals surface area (Å²) >= 11 is 0. The Bertz CT molecular complexity index is 1030. The van der Waals surface area contributed by atoms with Crippen LogP contribution in [0, 0.1) is 0 Å². The highest BCUT2D eigenvalue weighted by Crippen LogP contribution is 2.40. The molecule has 3 rings (SSSR count). The summed E-state index contributed by atoms with van der Waals surface area (Å²) in [6.07, 6.45) is 0. The molecule has 0 unspecified atom stereocenters. The molecule has 0 bridgehead atoms. The van der Waals surface area contributed by atoms with Crippen LogP contribution in [0.4, 0.5) is 0 Å². The van der Waals surface area contributed by atoms with E-state index in [0.29, 0.717) is 19.0 Å². The van der Waals surface area contributed by atoms with Gasteiger partial charge in [-0.2, -0.15) is 0 Å². The molecule has 0 aromatic heterocycles. The van der Waals surface area contributed by atoms with Gasteiger partial charge in [0.15, 0.2) is 0 Å². The fourth-order valence-electron chi connectivity index (χ4n) is 3.82. The summed E-state index contributed by atoms with van der Waals surface area (Å²) in [5.74, 6) is 2.09. The van der Waals surface area contributed by atoms with Crippen molar-refractivity contribution in [2.45, 2.75) is 26.2 Å². The van der Waals surface area contributed by atoms with E-state index in [1.807, 2.05) is 58.5 Å². The highest BCUT2D eigenvalue weighted by molar-refractivity contribution is 7.80. The highest BCUT2D eigenvalue weighted by atomic mass is 31.1. The molecule has 0 radical (unpaired) electrons. The third-order valence-corrected chi connectivity index (χ3v) is 8.34. The Morgan fingerprint density at radius 3 is 1.53 bits per heavy atom. The Morgan fingerprint density at radius 1 is 0.694 bits per heavy atom. The molecule has 0 atom stereocenters. The largest absolute Gasteiger partial charge is 0.507 e. The molecule has 0 heterocycles. The Balaban J connectivity index is 1.96. The number of phenolic OH excluding ortho intramolecular Hbond substituents is 1. The van der Waals surface area contributed by atoms with Crippen LogP contribution in [0.25, 0.3) is 0 Å². The molecule has 36 heavy (non-hydrogen) atoms. The average Bonchev–Trinajstić information content (AvgIpc) is 2.81. The Kier molecular flexibility index (Phi) is 9.78. The van der Waals surface area contributed by atoms with Crippen molar-refractivity contribution in [3.8, 4) is 17.2 Å². The first-order valence-electron chi connectivity index (χ1n) is 12.4. The number of nitrogens with zero attached hydrogens (tertiary/aromatic N) is 2. The zero-order chi connectivity index (χ0) is 26.3. The van der Waals surface area contributed by atoms with Crippen molar-refractivity contribution in [3.05, 3.63) is 72.3 Å². The smallest absolute Gasteiger partial charge is 0.127 e. The average molecular weight is 509 g/mol. The second-order valence-electron chi connectivity index (χ2n) is 10.5. The lowest BCUT2D eigenvalue weighted by atomic mass is 9.86. The second-order valence-corrected chi connectivity index (χ2v) is 12.7. The van der Waals surface area contributed by atoms with Crippen LogP contribution >= 0.6 is 7.92 Å². The van der Waals surface area contributed by atoms with Gasteiger partial charge in [-0.3, -0.25) is 0 Å². The maximum atomic E-state index is 11.4. The number of aromatic hydroxyl groups is 1. The van der Waals surface area contributed by atoms with Crippen LogP contribution in [0.15, 0.2) is 66.7 Å². The van der Waals surface area contributed by atoms with E-state index >= 15 is 0 Å². The predicted octanol–water partition coefficient (Wildman–Crippen LogP) is 4.33. The van der Waals surface area contributed by atoms with Gasteiger partial charge < -0.3 is 24.4 Å². The maximum absolute atomic E-state index is 11.4. The van der Waals surface area contributed by atoms with Crippen LogP contribution in [-0.4, -0.2) is 69.4 Å². The third-order valence-electron chi connectivity index (χ3n) is 5.87. The summed E-state index contributed by atoms with van der Waals surface area (Å²) in [6, 6.07) is 22.8. The summed E-state index contributed by atoms with van der Waals surface area (Å²) in [6.45, 7) is 9.42. The molecule has 0 saturated heterocycles. The fourth-order valence-corrected chi connectivity index (χ4v) is 6.14. The van der Waals surface area contributed by atoms with Gasteiger partial charge in [0.2, 0.25) is 0 Å². The van der Waals surface area contributed by atoms with E-state index in [0.717, 1.165) is 46.1 Å². The molecule has 0 aliphatic carbocycles. The van der Waals surface area contributed by atoms with Crippen molar-refractivity contribution in [3.63, 3.8) is 0 Å². The molecular formula is C30H41N2O3P. The highest BCUT2D eigenvalue weighted by Gasteiger charge is 2.25. The van der Waals surface area contributed by atoms with Crippen LogP contribution in [-0.2, 0) is 5.41 Å². The quantitative estimate of drug-likeness (QED) is 0.391. The normalized spacial score (nSPS) is 11.9. The summed E-state index contributed by atoms with van der Waals surface area (Å²) in [4.78, 5) is 4.21. The lowest BCUT2D eigenvalue weighted by molar-refractivity contribution is 0.261. The molecule has 0 aliphatic heterocycles. The van der Waals surface area contributed by atoms with Crippen LogP contribution in [0.2, 0.25) is 0 Å². The van der Waals surface area contributed by atoms with E-state index < -0.39 is 7.92 Å². The molecule has 194 valence electrons. The first kappa shape index (κ1) is 28.0.